The van der Waals surface area contributed by atoms with Gasteiger partial charge in [0.15, 0.2) is 0 Å². The molecule has 4 nitrogen and oxygen atoms in total. The minimum absolute atomic E-state index is 0.605. The lowest BCUT2D eigenvalue weighted by atomic mass is 9.78. The Labute approximate surface area is 113 Å². The zero-order valence-corrected chi connectivity index (χ0v) is 11.1. The van der Waals surface area contributed by atoms with E-state index >= 15 is 0 Å². The van der Waals surface area contributed by atoms with Gasteiger partial charge in [-0.25, -0.2) is 9.97 Å². The van der Waals surface area contributed by atoms with Gasteiger partial charge >= 0.3 is 0 Å². The van der Waals surface area contributed by atoms with E-state index < -0.39 is 0 Å². The first-order chi connectivity index (χ1) is 9.36. The molecule has 0 radical (unpaired) electrons. The largest absolute Gasteiger partial charge is 0.370 e. The molecule has 3 rings (SSSR count). The number of nitrogens with one attached hydrogen (secondary N) is 2. The Bertz CT molecular complexity index is 568. The molecule has 1 heterocycles. The molecule has 2 N–H and O–H groups in total. The van der Waals surface area contributed by atoms with Gasteiger partial charge in [-0.15, -0.1) is 0 Å². The third-order valence-electron chi connectivity index (χ3n) is 3.52. The van der Waals surface area contributed by atoms with Crippen LogP contribution < -0.4 is 10.6 Å². The van der Waals surface area contributed by atoms with Crippen molar-refractivity contribution in [1.82, 2.24) is 9.97 Å². The number of benzene rings is 1. The van der Waals surface area contributed by atoms with Gasteiger partial charge in [-0.2, -0.15) is 0 Å². The summed E-state index contributed by atoms with van der Waals surface area (Å²) in [5.74, 6) is 2.36. The third-order valence-corrected chi connectivity index (χ3v) is 3.52. The van der Waals surface area contributed by atoms with Crippen molar-refractivity contribution in [3.05, 3.63) is 47.8 Å². The summed E-state index contributed by atoms with van der Waals surface area (Å²) in [5.41, 5.74) is 2.95. The highest BCUT2D eigenvalue weighted by atomic mass is 15.1. The summed E-state index contributed by atoms with van der Waals surface area (Å²) in [6.45, 7) is 3.85. The number of rotatable bonds is 5. The molecule has 98 valence electrons. The number of nitrogens with zero attached hydrogens (tertiary/aromatic N) is 2. The van der Waals surface area contributed by atoms with Crippen molar-refractivity contribution in [3.8, 4) is 0 Å². The van der Waals surface area contributed by atoms with Crippen molar-refractivity contribution in [2.24, 2.45) is 0 Å². The van der Waals surface area contributed by atoms with Crippen LogP contribution in [0.1, 0.15) is 24.0 Å². The van der Waals surface area contributed by atoms with E-state index in [0.717, 1.165) is 31.1 Å². The molecule has 1 aliphatic rings. The molecule has 19 heavy (non-hydrogen) atoms. The van der Waals surface area contributed by atoms with E-state index in [1.807, 2.05) is 6.07 Å². The maximum Gasteiger partial charge on any atom is 0.131 e. The molecule has 0 fully saturated rings. The summed E-state index contributed by atoms with van der Waals surface area (Å²) in [6.07, 6.45) is 2.75. The average Bonchev–Trinajstić information content (AvgIpc) is 2.41. The first-order valence-corrected chi connectivity index (χ1v) is 6.74. The fourth-order valence-electron chi connectivity index (χ4n) is 2.50. The first-order valence-electron chi connectivity index (χ1n) is 6.74. The molecule has 1 unspecified atom stereocenters. The maximum atomic E-state index is 4.25. The van der Waals surface area contributed by atoms with Crippen LogP contribution in [0.25, 0.3) is 0 Å². The van der Waals surface area contributed by atoms with Crippen LogP contribution in [-0.2, 0) is 6.42 Å². The van der Waals surface area contributed by atoms with Crippen LogP contribution in [0.15, 0.2) is 36.7 Å². The van der Waals surface area contributed by atoms with Gasteiger partial charge in [-0.1, -0.05) is 24.3 Å². The quantitative estimate of drug-likeness (QED) is 0.861. The minimum atomic E-state index is 0.605. The fraction of sp³-hybridized carbons (Fsp3) is 0.333. The summed E-state index contributed by atoms with van der Waals surface area (Å²) >= 11 is 0. The van der Waals surface area contributed by atoms with Gasteiger partial charge in [-0.05, 0) is 24.5 Å². The molecule has 0 aliphatic heterocycles. The first kappa shape index (κ1) is 12.0. The molecule has 0 saturated carbocycles. The lowest BCUT2D eigenvalue weighted by molar-refractivity contribution is 0.634. The van der Waals surface area contributed by atoms with E-state index in [1.165, 1.54) is 11.1 Å². The average molecular weight is 254 g/mol. The third kappa shape index (κ3) is 2.52. The van der Waals surface area contributed by atoms with Crippen molar-refractivity contribution >= 4 is 11.6 Å². The number of anilines is 2. The van der Waals surface area contributed by atoms with Gasteiger partial charge in [0.05, 0.1) is 0 Å². The second-order valence-electron chi connectivity index (χ2n) is 4.80. The van der Waals surface area contributed by atoms with Gasteiger partial charge < -0.3 is 10.6 Å². The van der Waals surface area contributed by atoms with E-state index in [4.69, 9.17) is 0 Å². The summed E-state index contributed by atoms with van der Waals surface area (Å²) in [4.78, 5) is 8.41. The molecule has 1 atom stereocenters. The molecule has 0 bridgehead atoms. The zero-order valence-electron chi connectivity index (χ0n) is 11.1. The van der Waals surface area contributed by atoms with Gasteiger partial charge in [-0.3, -0.25) is 0 Å². The number of hydrogen-bond donors (Lipinski definition) is 2. The van der Waals surface area contributed by atoms with Crippen LogP contribution in [0.2, 0.25) is 0 Å². The maximum absolute atomic E-state index is 4.25. The van der Waals surface area contributed by atoms with Crippen LogP contribution in [0.5, 0.6) is 0 Å². The fourth-order valence-corrected chi connectivity index (χ4v) is 2.50. The molecule has 1 aromatic carbocycles. The van der Waals surface area contributed by atoms with E-state index in [-0.39, 0.29) is 0 Å². The summed E-state index contributed by atoms with van der Waals surface area (Å²) in [5, 5.41) is 6.58. The molecular formula is C15H18N4. The second-order valence-corrected chi connectivity index (χ2v) is 4.80. The van der Waals surface area contributed by atoms with E-state index in [1.54, 1.807) is 6.33 Å². The van der Waals surface area contributed by atoms with Gasteiger partial charge in [0.25, 0.3) is 0 Å². The molecule has 1 aromatic heterocycles. The molecule has 0 spiro atoms. The molecule has 0 saturated heterocycles. The topological polar surface area (TPSA) is 49.8 Å². The Morgan fingerprint density at radius 2 is 1.95 bits per heavy atom. The number of hydrogen-bond acceptors (Lipinski definition) is 4. The molecule has 0 amide bonds. The van der Waals surface area contributed by atoms with Crippen molar-refractivity contribution in [2.45, 2.75) is 19.3 Å². The van der Waals surface area contributed by atoms with Crippen LogP contribution >= 0.6 is 0 Å². The zero-order chi connectivity index (χ0) is 13.1. The van der Waals surface area contributed by atoms with Crippen molar-refractivity contribution in [2.75, 3.05) is 23.7 Å². The molecular weight excluding hydrogens is 236 g/mol. The summed E-state index contributed by atoms with van der Waals surface area (Å²) in [7, 11) is 0. The predicted octanol–water partition coefficient (Wildman–Crippen LogP) is 2.66. The predicted molar refractivity (Wildman–Crippen MR) is 77.6 cm³/mol. The summed E-state index contributed by atoms with van der Waals surface area (Å²) in [6, 6.07) is 10.6. The van der Waals surface area contributed by atoms with Crippen LogP contribution in [0.3, 0.4) is 0 Å². The smallest absolute Gasteiger partial charge is 0.131 e. The second kappa shape index (κ2) is 5.26. The highest BCUT2D eigenvalue weighted by molar-refractivity contribution is 5.48. The lowest BCUT2D eigenvalue weighted by Gasteiger charge is -2.30. The highest BCUT2D eigenvalue weighted by Gasteiger charge is 2.24. The lowest BCUT2D eigenvalue weighted by Crippen LogP contribution is -2.24. The van der Waals surface area contributed by atoms with Crippen LogP contribution in [0.4, 0.5) is 11.6 Å². The monoisotopic (exact) mass is 254 g/mol. The van der Waals surface area contributed by atoms with Gasteiger partial charge in [0.2, 0.25) is 0 Å². The Morgan fingerprint density at radius 1 is 1.16 bits per heavy atom. The highest BCUT2D eigenvalue weighted by Crippen LogP contribution is 2.34. The SMILES string of the molecule is CCNc1cc(NCC2Cc3ccccc32)ncn1. The van der Waals surface area contributed by atoms with Crippen LogP contribution in [-0.4, -0.2) is 23.1 Å². The van der Waals surface area contributed by atoms with Crippen LogP contribution in [0, 0.1) is 0 Å². The Balaban J connectivity index is 1.60. The van der Waals surface area contributed by atoms with Crippen molar-refractivity contribution in [3.63, 3.8) is 0 Å². The normalized spacial score (nSPS) is 16.4. The van der Waals surface area contributed by atoms with E-state index in [0.29, 0.717) is 5.92 Å². The molecule has 4 heteroatoms. The number of fused-ring (bicyclic) bond motifs is 1. The van der Waals surface area contributed by atoms with E-state index in [9.17, 15) is 0 Å². The Kier molecular flexibility index (Phi) is 3.31. The van der Waals surface area contributed by atoms with Gasteiger partial charge in [0.1, 0.15) is 18.0 Å². The van der Waals surface area contributed by atoms with Crippen molar-refractivity contribution < 1.29 is 0 Å². The standard InChI is InChI=1S/C15H18N4/c1-2-16-14-8-15(19-10-18-14)17-9-12-7-11-5-3-4-6-13(11)12/h3-6,8,10,12H,2,7,9H2,1H3,(H2,16,17,18,19). The molecule has 2 aromatic rings. The van der Waals surface area contributed by atoms with E-state index in [2.05, 4.69) is 51.8 Å². The van der Waals surface area contributed by atoms with Crippen molar-refractivity contribution in [1.29, 1.82) is 0 Å². The Morgan fingerprint density at radius 3 is 2.74 bits per heavy atom. The minimum Gasteiger partial charge on any atom is -0.370 e. The summed E-state index contributed by atoms with van der Waals surface area (Å²) < 4.78 is 0. The van der Waals surface area contributed by atoms with Gasteiger partial charge in [0, 0.05) is 25.1 Å². The molecule has 1 aliphatic carbocycles. The Hall–Kier alpha value is -2.10. The number of aromatic nitrogens is 2.